The van der Waals surface area contributed by atoms with Gasteiger partial charge in [0.2, 0.25) is 0 Å². The zero-order valence-electron chi connectivity index (χ0n) is 14.3. The Labute approximate surface area is 159 Å². The van der Waals surface area contributed by atoms with Crippen LogP contribution >= 0.6 is 11.6 Å². The fraction of sp³-hybridized carbons (Fsp3) is 0.0526. The van der Waals surface area contributed by atoms with Crippen LogP contribution in [0.25, 0.3) is 28.7 Å². The first-order valence-corrected chi connectivity index (χ1v) is 8.47. The average molecular weight is 380 g/mol. The first-order chi connectivity index (χ1) is 13.2. The second kappa shape index (κ2) is 7.05. The molecule has 27 heavy (non-hydrogen) atoms. The minimum absolute atomic E-state index is 0.194. The number of imidazole rings is 1. The van der Waals surface area contributed by atoms with E-state index in [0.29, 0.717) is 39.2 Å². The van der Waals surface area contributed by atoms with E-state index in [2.05, 4.69) is 20.3 Å². The molecule has 1 N–H and O–H groups in total. The molecule has 0 aliphatic heterocycles. The van der Waals surface area contributed by atoms with Gasteiger partial charge in [0.25, 0.3) is 5.91 Å². The average Bonchev–Trinajstić information content (AvgIpc) is 3.40. The third-order valence-electron chi connectivity index (χ3n) is 3.99. The highest BCUT2D eigenvalue weighted by atomic mass is 35.5. The number of halogens is 1. The molecule has 0 radical (unpaired) electrons. The summed E-state index contributed by atoms with van der Waals surface area (Å²) in [7, 11) is 1.58. The Hall–Kier alpha value is -3.45. The molecule has 4 rings (SSSR count). The molecule has 0 saturated carbocycles. The maximum absolute atomic E-state index is 11.9. The largest absolute Gasteiger partial charge is 0.461 e. The molecule has 0 aliphatic rings. The normalized spacial score (nSPS) is 10.7. The van der Waals surface area contributed by atoms with Gasteiger partial charge in [-0.3, -0.25) is 9.36 Å². The second-order valence-corrected chi connectivity index (χ2v) is 6.05. The summed E-state index contributed by atoms with van der Waals surface area (Å²) >= 11 is 6.36. The van der Waals surface area contributed by atoms with Crippen molar-refractivity contribution in [3.63, 3.8) is 0 Å². The predicted octanol–water partition coefficient (Wildman–Crippen LogP) is 3.60. The van der Waals surface area contributed by atoms with Crippen LogP contribution in [0.4, 0.5) is 0 Å². The topological polar surface area (TPSA) is 85.8 Å². The van der Waals surface area contributed by atoms with Crippen molar-refractivity contribution in [1.82, 2.24) is 24.8 Å². The molecule has 3 heterocycles. The van der Waals surface area contributed by atoms with Crippen molar-refractivity contribution in [3.8, 4) is 28.7 Å². The number of carbonyl (C=O) groups is 1. The van der Waals surface area contributed by atoms with E-state index in [-0.39, 0.29) is 5.91 Å². The molecule has 0 saturated heterocycles. The molecule has 0 spiro atoms. The van der Waals surface area contributed by atoms with Gasteiger partial charge in [-0.25, -0.2) is 15.0 Å². The number of aromatic nitrogens is 4. The molecule has 0 bridgehead atoms. The minimum Gasteiger partial charge on any atom is -0.461 e. The van der Waals surface area contributed by atoms with Gasteiger partial charge in [0.1, 0.15) is 5.82 Å². The van der Waals surface area contributed by atoms with Crippen molar-refractivity contribution in [2.75, 3.05) is 7.05 Å². The molecule has 3 aromatic heterocycles. The lowest BCUT2D eigenvalue weighted by atomic mass is 10.2. The van der Waals surface area contributed by atoms with Gasteiger partial charge >= 0.3 is 0 Å². The van der Waals surface area contributed by atoms with Crippen molar-refractivity contribution in [1.29, 1.82) is 0 Å². The lowest BCUT2D eigenvalue weighted by molar-refractivity contribution is 0.0963. The first-order valence-electron chi connectivity index (χ1n) is 8.09. The molecule has 134 valence electrons. The minimum atomic E-state index is -0.194. The molecule has 0 unspecified atom stereocenters. The van der Waals surface area contributed by atoms with E-state index >= 15 is 0 Å². The van der Waals surface area contributed by atoms with Gasteiger partial charge in [-0.2, -0.15) is 0 Å². The highest BCUT2D eigenvalue weighted by molar-refractivity contribution is 6.32. The summed E-state index contributed by atoms with van der Waals surface area (Å²) in [6.07, 6.45) is 8.32. The van der Waals surface area contributed by atoms with E-state index in [1.807, 2.05) is 0 Å². The van der Waals surface area contributed by atoms with Gasteiger partial charge in [-0.1, -0.05) is 11.6 Å². The SMILES string of the molecule is CNC(=O)c1ccc(Cl)c(-n2ccnc2-c2cnc(-c3ccco3)nc2)c1. The fourth-order valence-corrected chi connectivity index (χ4v) is 2.88. The first kappa shape index (κ1) is 17.0. The molecule has 8 heteroatoms. The highest BCUT2D eigenvalue weighted by Gasteiger charge is 2.14. The van der Waals surface area contributed by atoms with Gasteiger partial charge < -0.3 is 9.73 Å². The third-order valence-corrected chi connectivity index (χ3v) is 4.31. The number of benzene rings is 1. The number of hydrogen-bond donors (Lipinski definition) is 1. The Morgan fingerprint density at radius 1 is 1.19 bits per heavy atom. The van der Waals surface area contributed by atoms with E-state index in [0.717, 1.165) is 0 Å². The number of nitrogens with zero attached hydrogens (tertiary/aromatic N) is 4. The number of hydrogen-bond acceptors (Lipinski definition) is 5. The Bertz CT molecular complexity index is 1090. The lowest BCUT2D eigenvalue weighted by Gasteiger charge is -2.11. The standard InChI is InChI=1S/C19H14ClN5O2/c1-21-19(26)12-4-5-14(20)15(9-12)25-7-6-22-18(25)13-10-23-17(24-11-13)16-3-2-8-27-16/h2-11H,1H3,(H,21,26). The highest BCUT2D eigenvalue weighted by Crippen LogP contribution is 2.27. The lowest BCUT2D eigenvalue weighted by Crippen LogP contribution is -2.18. The van der Waals surface area contributed by atoms with Gasteiger partial charge in [0.15, 0.2) is 11.6 Å². The third kappa shape index (κ3) is 3.20. The van der Waals surface area contributed by atoms with Crippen molar-refractivity contribution >= 4 is 17.5 Å². The molecule has 1 aromatic carbocycles. The van der Waals surface area contributed by atoms with Crippen molar-refractivity contribution in [3.05, 3.63) is 72.0 Å². The summed E-state index contributed by atoms with van der Waals surface area (Å²) in [5.74, 6) is 1.49. The molecule has 0 fully saturated rings. The molecule has 1 amide bonds. The van der Waals surface area contributed by atoms with Crippen LogP contribution in [0.5, 0.6) is 0 Å². The summed E-state index contributed by atoms with van der Waals surface area (Å²) in [6.45, 7) is 0. The number of nitrogens with one attached hydrogen (secondary N) is 1. The monoisotopic (exact) mass is 379 g/mol. The number of furan rings is 1. The molecular weight excluding hydrogens is 366 g/mol. The van der Waals surface area contributed by atoms with Crippen LogP contribution in [0.15, 0.2) is 65.8 Å². The summed E-state index contributed by atoms with van der Waals surface area (Å²) < 4.78 is 7.10. The van der Waals surface area contributed by atoms with E-state index in [1.54, 1.807) is 73.0 Å². The van der Waals surface area contributed by atoms with E-state index in [1.165, 1.54) is 0 Å². The summed E-state index contributed by atoms with van der Waals surface area (Å²) in [6, 6.07) is 8.63. The molecular formula is C19H14ClN5O2. The van der Waals surface area contributed by atoms with Crippen molar-refractivity contribution in [2.24, 2.45) is 0 Å². The van der Waals surface area contributed by atoms with E-state index in [9.17, 15) is 4.79 Å². The smallest absolute Gasteiger partial charge is 0.251 e. The summed E-state index contributed by atoms with van der Waals surface area (Å²) in [4.78, 5) is 25.0. The maximum Gasteiger partial charge on any atom is 0.251 e. The van der Waals surface area contributed by atoms with Gasteiger partial charge in [-0.05, 0) is 30.3 Å². The second-order valence-electron chi connectivity index (χ2n) is 5.64. The Morgan fingerprint density at radius 3 is 2.70 bits per heavy atom. The molecule has 4 aromatic rings. The predicted molar refractivity (Wildman–Crippen MR) is 101 cm³/mol. The van der Waals surface area contributed by atoms with Crippen LogP contribution in [0.1, 0.15) is 10.4 Å². The van der Waals surface area contributed by atoms with Crippen molar-refractivity contribution < 1.29 is 9.21 Å². The van der Waals surface area contributed by atoms with Crippen LogP contribution in [-0.4, -0.2) is 32.5 Å². The van der Waals surface area contributed by atoms with Gasteiger partial charge in [-0.15, -0.1) is 0 Å². The van der Waals surface area contributed by atoms with Gasteiger partial charge in [0, 0.05) is 37.4 Å². The van der Waals surface area contributed by atoms with Crippen LogP contribution < -0.4 is 5.32 Å². The zero-order valence-corrected chi connectivity index (χ0v) is 15.0. The van der Waals surface area contributed by atoms with Crippen LogP contribution in [0.3, 0.4) is 0 Å². The van der Waals surface area contributed by atoms with Crippen molar-refractivity contribution in [2.45, 2.75) is 0 Å². The Morgan fingerprint density at radius 2 is 2.00 bits per heavy atom. The number of rotatable bonds is 4. The van der Waals surface area contributed by atoms with Crippen LogP contribution in [0, 0.1) is 0 Å². The quantitative estimate of drug-likeness (QED) is 0.585. The zero-order chi connectivity index (χ0) is 18.8. The van der Waals surface area contributed by atoms with E-state index in [4.69, 9.17) is 16.0 Å². The van der Waals surface area contributed by atoms with E-state index < -0.39 is 0 Å². The fourth-order valence-electron chi connectivity index (χ4n) is 2.67. The van der Waals surface area contributed by atoms with Gasteiger partial charge in [0.05, 0.1) is 22.5 Å². The molecule has 7 nitrogen and oxygen atoms in total. The van der Waals surface area contributed by atoms with Crippen LogP contribution in [-0.2, 0) is 0 Å². The Balaban J connectivity index is 1.74. The Kier molecular flexibility index (Phi) is 4.43. The number of carbonyl (C=O) groups excluding carboxylic acids is 1. The molecule has 0 atom stereocenters. The maximum atomic E-state index is 11.9. The summed E-state index contributed by atoms with van der Waals surface area (Å²) in [5, 5.41) is 3.10. The molecule has 0 aliphatic carbocycles. The van der Waals surface area contributed by atoms with Crippen LogP contribution in [0.2, 0.25) is 5.02 Å². The summed E-state index contributed by atoms with van der Waals surface area (Å²) in [5.41, 5.74) is 1.85. The number of amides is 1.